The van der Waals surface area contributed by atoms with Crippen LogP contribution in [0.1, 0.15) is 32.1 Å². The Kier molecular flexibility index (Phi) is 7.16. The minimum atomic E-state index is 0. The molecule has 2 heterocycles. The van der Waals surface area contributed by atoms with Crippen LogP contribution >= 0.6 is 12.4 Å². The number of carbonyl (C=O) groups excluding carboxylic acids is 2. The Balaban J connectivity index is 0.00000180. The van der Waals surface area contributed by atoms with Crippen molar-refractivity contribution in [2.45, 2.75) is 32.1 Å². The average molecular weight is 290 g/mol. The van der Waals surface area contributed by atoms with E-state index in [1.54, 1.807) is 0 Å². The predicted molar refractivity (Wildman–Crippen MR) is 76.3 cm³/mol. The van der Waals surface area contributed by atoms with Crippen LogP contribution in [-0.4, -0.2) is 49.4 Å². The maximum atomic E-state index is 11.7. The Labute approximate surface area is 120 Å². The number of hydrogen-bond donors (Lipinski definition) is 2. The Morgan fingerprint density at radius 3 is 2.79 bits per heavy atom. The molecule has 2 aliphatic heterocycles. The summed E-state index contributed by atoms with van der Waals surface area (Å²) in [7, 11) is 0. The second-order valence-electron chi connectivity index (χ2n) is 5.19. The van der Waals surface area contributed by atoms with Crippen molar-refractivity contribution in [3.63, 3.8) is 0 Å². The highest BCUT2D eigenvalue weighted by Crippen LogP contribution is 2.11. The number of amides is 2. The molecule has 0 aromatic rings. The summed E-state index contributed by atoms with van der Waals surface area (Å²) >= 11 is 0. The van der Waals surface area contributed by atoms with Crippen LogP contribution in [0.25, 0.3) is 0 Å². The zero-order chi connectivity index (χ0) is 12.8. The van der Waals surface area contributed by atoms with Crippen molar-refractivity contribution in [1.29, 1.82) is 0 Å². The third-order valence-corrected chi connectivity index (χ3v) is 3.73. The molecule has 110 valence electrons. The molecule has 2 aliphatic rings. The molecule has 6 heteroatoms. The number of likely N-dealkylation sites (tertiary alicyclic amines) is 1. The summed E-state index contributed by atoms with van der Waals surface area (Å²) in [6.07, 6.45) is 4.86. The van der Waals surface area contributed by atoms with Crippen LogP contribution in [0.3, 0.4) is 0 Å². The first-order chi connectivity index (χ1) is 8.77. The van der Waals surface area contributed by atoms with Gasteiger partial charge in [0.1, 0.15) is 0 Å². The monoisotopic (exact) mass is 289 g/mol. The van der Waals surface area contributed by atoms with Crippen LogP contribution in [0.4, 0.5) is 0 Å². The number of halogens is 1. The van der Waals surface area contributed by atoms with E-state index in [1.165, 1.54) is 0 Å². The normalized spacial score (nSPS) is 20.2. The van der Waals surface area contributed by atoms with E-state index in [1.807, 2.05) is 4.90 Å². The molecule has 19 heavy (non-hydrogen) atoms. The van der Waals surface area contributed by atoms with Gasteiger partial charge in [0.05, 0.1) is 5.92 Å². The molecule has 0 radical (unpaired) electrons. The molecule has 0 bridgehead atoms. The minimum Gasteiger partial charge on any atom is -0.356 e. The maximum Gasteiger partial charge on any atom is 0.225 e. The van der Waals surface area contributed by atoms with Crippen molar-refractivity contribution < 1.29 is 9.59 Å². The lowest BCUT2D eigenvalue weighted by Crippen LogP contribution is -2.51. The van der Waals surface area contributed by atoms with E-state index in [0.717, 1.165) is 51.9 Å². The number of rotatable bonds is 5. The van der Waals surface area contributed by atoms with Crippen LogP contribution in [0, 0.1) is 5.92 Å². The molecule has 5 nitrogen and oxygen atoms in total. The van der Waals surface area contributed by atoms with Crippen LogP contribution in [0.5, 0.6) is 0 Å². The van der Waals surface area contributed by atoms with Crippen LogP contribution in [0.2, 0.25) is 0 Å². The SMILES string of the molecule is Cl.O=C(NCCCN1CCCCCC1=O)C1CNC1. The van der Waals surface area contributed by atoms with Crippen molar-refractivity contribution in [2.75, 3.05) is 32.7 Å². The van der Waals surface area contributed by atoms with Crippen molar-refractivity contribution >= 4 is 24.2 Å². The van der Waals surface area contributed by atoms with Crippen LogP contribution < -0.4 is 10.6 Å². The Morgan fingerprint density at radius 1 is 1.32 bits per heavy atom. The number of carbonyl (C=O) groups is 2. The van der Waals surface area contributed by atoms with Gasteiger partial charge in [-0.1, -0.05) is 6.42 Å². The lowest BCUT2D eigenvalue weighted by Gasteiger charge is -2.26. The van der Waals surface area contributed by atoms with Gasteiger partial charge in [0.15, 0.2) is 0 Å². The van der Waals surface area contributed by atoms with E-state index in [2.05, 4.69) is 10.6 Å². The van der Waals surface area contributed by atoms with Crippen LogP contribution in [-0.2, 0) is 9.59 Å². The number of nitrogens with zero attached hydrogens (tertiary/aromatic N) is 1. The molecule has 2 fully saturated rings. The summed E-state index contributed by atoms with van der Waals surface area (Å²) in [5.41, 5.74) is 0. The van der Waals surface area contributed by atoms with Gasteiger partial charge in [-0.2, -0.15) is 0 Å². The smallest absolute Gasteiger partial charge is 0.225 e. The standard InChI is InChI=1S/C13H23N3O2.ClH/c17-12-5-2-1-3-7-16(12)8-4-6-15-13(18)11-9-14-10-11;/h11,14H,1-10H2,(H,15,18);1H. The second kappa shape index (κ2) is 8.38. The van der Waals surface area contributed by atoms with Crippen LogP contribution in [0.15, 0.2) is 0 Å². The fourth-order valence-electron chi connectivity index (χ4n) is 2.37. The molecule has 0 aromatic heterocycles. The number of hydrogen-bond acceptors (Lipinski definition) is 3. The quantitative estimate of drug-likeness (QED) is 0.726. The molecule has 0 atom stereocenters. The van der Waals surface area contributed by atoms with Crippen molar-refractivity contribution in [3.05, 3.63) is 0 Å². The topological polar surface area (TPSA) is 61.4 Å². The second-order valence-corrected chi connectivity index (χ2v) is 5.19. The zero-order valence-electron chi connectivity index (χ0n) is 11.3. The first-order valence-corrected chi connectivity index (χ1v) is 7.03. The molecule has 0 aliphatic carbocycles. The van der Waals surface area contributed by atoms with Gasteiger partial charge in [-0.05, 0) is 19.3 Å². The molecule has 0 unspecified atom stereocenters. The summed E-state index contributed by atoms with van der Waals surface area (Å²) in [5.74, 6) is 0.586. The molecule has 0 saturated carbocycles. The molecule has 2 saturated heterocycles. The average Bonchev–Trinajstić information content (AvgIpc) is 2.47. The molecular formula is C13H24ClN3O2. The Morgan fingerprint density at radius 2 is 2.11 bits per heavy atom. The van der Waals surface area contributed by atoms with E-state index in [4.69, 9.17) is 0 Å². The molecular weight excluding hydrogens is 266 g/mol. The third kappa shape index (κ3) is 4.99. The zero-order valence-corrected chi connectivity index (χ0v) is 12.1. The molecule has 0 aromatic carbocycles. The third-order valence-electron chi connectivity index (χ3n) is 3.73. The summed E-state index contributed by atoms with van der Waals surface area (Å²) in [6.45, 7) is 3.95. The molecule has 2 amide bonds. The van der Waals surface area contributed by atoms with Gasteiger partial charge < -0.3 is 15.5 Å². The summed E-state index contributed by atoms with van der Waals surface area (Å²) in [5, 5.41) is 6.02. The summed E-state index contributed by atoms with van der Waals surface area (Å²) < 4.78 is 0. The van der Waals surface area contributed by atoms with Gasteiger partial charge in [-0.25, -0.2) is 0 Å². The first-order valence-electron chi connectivity index (χ1n) is 7.03. The number of nitrogens with one attached hydrogen (secondary N) is 2. The largest absolute Gasteiger partial charge is 0.356 e. The Hall–Kier alpha value is -0.810. The minimum absolute atomic E-state index is 0. The molecule has 2 rings (SSSR count). The maximum absolute atomic E-state index is 11.7. The highest BCUT2D eigenvalue weighted by atomic mass is 35.5. The summed E-state index contributed by atoms with van der Waals surface area (Å²) in [4.78, 5) is 25.2. The molecule has 2 N–H and O–H groups in total. The van der Waals surface area contributed by atoms with Crippen molar-refractivity contribution in [2.24, 2.45) is 5.92 Å². The van der Waals surface area contributed by atoms with E-state index >= 15 is 0 Å². The van der Waals surface area contributed by atoms with Gasteiger partial charge in [0, 0.05) is 39.1 Å². The van der Waals surface area contributed by atoms with E-state index in [-0.39, 0.29) is 30.1 Å². The van der Waals surface area contributed by atoms with Gasteiger partial charge in [-0.15, -0.1) is 12.4 Å². The molecule has 0 spiro atoms. The van der Waals surface area contributed by atoms with E-state index < -0.39 is 0 Å². The first kappa shape index (κ1) is 16.2. The van der Waals surface area contributed by atoms with Gasteiger partial charge in [0.2, 0.25) is 11.8 Å². The lowest BCUT2D eigenvalue weighted by molar-refractivity contribution is -0.130. The summed E-state index contributed by atoms with van der Waals surface area (Å²) in [6, 6.07) is 0. The fourth-order valence-corrected chi connectivity index (χ4v) is 2.37. The Bertz CT molecular complexity index is 308. The lowest BCUT2D eigenvalue weighted by atomic mass is 10.0. The predicted octanol–water partition coefficient (Wildman–Crippen LogP) is 0.536. The van der Waals surface area contributed by atoms with Crippen molar-refractivity contribution in [1.82, 2.24) is 15.5 Å². The van der Waals surface area contributed by atoms with E-state index in [9.17, 15) is 9.59 Å². The van der Waals surface area contributed by atoms with Gasteiger partial charge in [-0.3, -0.25) is 9.59 Å². The van der Waals surface area contributed by atoms with E-state index in [0.29, 0.717) is 13.0 Å². The van der Waals surface area contributed by atoms with Crippen molar-refractivity contribution in [3.8, 4) is 0 Å². The highest BCUT2D eigenvalue weighted by molar-refractivity contribution is 5.85. The van der Waals surface area contributed by atoms with Gasteiger partial charge >= 0.3 is 0 Å². The fraction of sp³-hybridized carbons (Fsp3) is 0.846. The highest BCUT2D eigenvalue weighted by Gasteiger charge is 2.24. The van der Waals surface area contributed by atoms with Gasteiger partial charge in [0.25, 0.3) is 0 Å².